The Labute approximate surface area is 86.9 Å². The summed E-state index contributed by atoms with van der Waals surface area (Å²) >= 11 is 0. The molecular weight excluding hydrogens is 172 g/mol. The number of hydrogen-bond acceptors (Lipinski definition) is 1. The Hall–Kier alpha value is -0.850. The molecule has 0 aromatic carbocycles. The minimum Gasteiger partial charge on any atom is -0.294 e. The fourth-order valence-electron chi connectivity index (χ4n) is 2.27. The third kappa shape index (κ3) is 1.97. The van der Waals surface area contributed by atoms with Crippen molar-refractivity contribution in [2.45, 2.75) is 46.5 Å². The van der Waals surface area contributed by atoms with Crippen LogP contribution >= 0.6 is 0 Å². The van der Waals surface area contributed by atoms with Gasteiger partial charge in [-0.2, -0.15) is 0 Å². The summed E-state index contributed by atoms with van der Waals surface area (Å²) in [4.78, 5) is 12.0. The molecule has 0 fully saturated rings. The van der Waals surface area contributed by atoms with E-state index in [1.807, 2.05) is 13.0 Å². The van der Waals surface area contributed by atoms with E-state index in [1.54, 1.807) is 6.08 Å². The average molecular weight is 192 g/mol. The molecule has 1 atom stereocenters. The van der Waals surface area contributed by atoms with Gasteiger partial charge in [0.15, 0.2) is 5.78 Å². The van der Waals surface area contributed by atoms with Crippen molar-refractivity contribution in [1.29, 1.82) is 0 Å². The van der Waals surface area contributed by atoms with Gasteiger partial charge in [0.2, 0.25) is 0 Å². The zero-order valence-corrected chi connectivity index (χ0v) is 9.47. The van der Waals surface area contributed by atoms with Crippen molar-refractivity contribution in [3.63, 3.8) is 0 Å². The number of ketones is 1. The van der Waals surface area contributed by atoms with Gasteiger partial charge in [0, 0.05) is 0 Å². The van der Waals surface area contributed by atoms with Gasteiger partial charge < -0.3 is 0 Å². The summed E-state index contributed by atoms with van der Waals surface area (Å²) in [5, 5.41) is 0. The number of rotatable bonds is 3. The lowest BCUT2D eigenvalue weighted by Crippen LogP contribution is -2.30. The van der Waals surface area contributed by atoms with E-state index in [2.05, 4.69) is 19.9 Å². The molecule has 0 bridgehead atoms. The van der Waals surface area contributed by atoms with Gasteiger partial charge >= 0.3 is 0 Å². The van der Waals surface area contributed by atoms with E-state index in [0.717, 1.165) is 25.7 Å². The molecular formula is C13H20O. The van der Waals surface area contributed by atoms with E-state index in [-0.39, 0.29) is 11.2 Å². The maximum absolute atomic E-state index is 12.0. The van der Waals surface area contributed by atoms with Crippen LogP contribution in [0.5, 0.6) is 0 Å². The van der Waals surface area contributed by atoms with Gasteiger partial charge in [-0.1, -0.05) is 24.6 Å². The standard InChI is InChI=1S/C13H20O/c1-4-8-12(14)13(3)10-7-6-9-11(13)5-2/h4,8-9H,5-7,10H2,1-3H3. The topological polar surface area (TPSA) is 17.1 Å². The molecule has 1 nitrogen and oxygen atoms in total. The quantitative estimate of drug-likeness (QED) is 0.492. The lowest BCUT2D eigenvalue weighted by molar-refractivity contribution is -0.121. The predicted molar refractivity (Wildman–Crippen MR) is 60.2 cm³/mol. The van der Waals surface area contributed by atoms with Crippen LogP contribution in [-0.4, -0.2) is 5.78 Å². The molecule has 0 radical (unpaired) electrons. The van der Waals surface area contributed by atoms with Crippen LogP contribution in [0.4, 0.5) is 0 Å². The molecule has 0 heterocycles. The van der Waals surface area contributed by atoms with Crippen LogP contribution < -0.4 is 0 Å². The third-order valence-corrected chi connectivity index (χ3v) is 3.22. The maximum Gasteiger partial charge on any atom is 0.165 e. The van der Waals surface area contributed by atoms with E-state index >= 15 is 0 Å². The highest BCUT2D eigenvalue weighted by atomic mass is 16.1. The highest BCUT2D eigenvalue weighted by molar-refractivity contribution is 5.96. The first-order valence-corrected chi connectivity index (χ1v) is 5.51. The molecule has 1 heteroatoms. The van der Waals surface area contributed by atoms with Gasteiger partial charge in [0.25, 0.3) is 0 Å². The van der Waals surface area contributed by atoms with Crippen molar-refractivity contribution in [3.05, 3.63) is 23.8 Å². The first-order valence-electron chi connectivity index (χ1n) is 5.51. The van der Waals surface area contributed by atoms with Crippen molar-refractivity contribution in [3.8, 4) is 0 Å². The molecule has 0 saturated carbocycles. The maximum atomic E-state index is 12.0. The monoisotopic (exact) mass is 192 g/mol. The van der Waals surface area contributed by atoms with E-state index in [9.17, 15) is 4.79 Å². The second-order valence-corrected chi connectivity index (χ2v) is 4.17. The zero-order valence-electron chi connectivity index (χ0n) is 9.47. The number of carbonyl (C=O) groups is 1. The van der Waals surface area contributed by atoms with Gasteiger partial charge in [-0.05, 0) is 45.6 Å². The third-order valence-electron chi connectivity index (χ3n) is 3.22. The first-order chi connectivity index (χ1) is 6.65. The summed E-state index contributed by atoms with van der Waals surface area (Å²) < 4.78 is 0. The normalized spacial score (nSPS) is 27.8. The molecule has 1 rings (SSSR count). The Morgan fingerprint density at radius 3 is 2.93 bits per heavy atom. The van der Waals surface area contributed by atoms with E-state index in [0.29, 0.717) is 0 Å². The second kappa shape index (κ2) is 4.59. The summed E-state index contributed by atoms with van der Waals surface area (Å²) in [6, 6.07) is 0. The Morgan fingerprint density at radius 2 is 2.36 bits per heavy atom. The number of hydrogen-bond donors (Lipinski definition) is 0. The molecule has 1 unspecified atom stereocenters. The van der Waals surface area contributed by atoms with Gasteiger partial charge in [-0.3, -0.25) is 4.79 Å². The van der Waals surface area contributed by atoms with Gasteiger partial charge in [0.05, 0.1) is 5.41 Å². The lowest BCUT2D eigenvalue weighted by Gasteiger charge is -2.32. The lowest BCUT2D eigenvalue weighted by atomic mass is 9.70. The number of allylic oxidation sites excluding steroid dienone is 4. The average Bonchev–Trinajstić information content (AvgIpc) is 2.19. The largest absolute Gasteiger partial charge is 0.294 e. The van der Waals surface area contributed by atoms with Crippen molar-refractivity contribution in [2.75, 3.05) is 0 Å². The minimum absolute atomic E-state index is 0.209. The fraction of sp³-hybridized carbons (Fsp3) is 0.615. The van der Waals surface area contributed by atoms with Gasteiger partial charge in [-0.25, -0.2) is 0 Å². The predicted octanol–water partition coefficient (Wildman–Crippen LogP) is 3.66. The summed E-state index contributed by atoms with van der Waals surface area (Å²) in [6.45, 7) is 6.13. The summed E-state index contributed by atoms with van der Waals surface area (Å²) in [6.07, 6.45) is 10.1. The van der Waals surface area contributed by atoms with E-state index < -0.39 is 0 Å². The summed E-state index contributed by atoms with van der Waals surface area (Å²) in [7, 11) is 0. The molecule has 0 spiro atoms. The highest BCUT2D eigenvalue weighted by Crippen LogP contribution is 2.39. The number of carbonyl (C=O) groups excluding carboxylic acids is 1. The van der Waals surface area contributed by atoms with Gasteiger partial charge in [0.1, 0.15) is 0 Å². The van der Waals surface area contributed by atoms with Crippen molar-refractivity contribution < 1.29 is 4.79 Å². The molecule has 0 aromatic rings. The molecule has 0 aromatic heterocycles. The van der Waals surface area contributed by atoms with Crippen LogP contribution in [0.25, 0.3) is 0 Å². The van der Waals surface area contributed by atoms with Crippen molar-refractivity contribution in [2.24, 2.45) is 5.41 Å². The molecule has 0 N–H and O–H groups in total. The smallest absolute Gasteiger partial charge is 0.165 e. The Balaban J connectivity index is 2.95. The Bertz CT molecular complexity index is 273. The molecule has 0 saturated heterocycles. The zero-order chi connectivity index (χ0) is 10.6. The molecule has 78 valence electrons. The van der Waals surface area contributed by atoms with Gasteiger partial charge in [-0.15, -0.1) is 0 Å². The fourth-order valence-corrected chi connectivity index (χ4v) is 2.27. The molecule has 14 heavy (non-hydrogen) atoms. The van der Waals surface area contributed by atoms with Crippen LogP contribution in [0.15, 0.2) is 23.8 Å². The Morgan fingerprint density at radius 1 is 1.64 bits per heavy atom. The molecule has 1 aliphatic carbocycles. The SMILES string of the molecule is CC=CC(=O)C1(C)CCCC=C1CC. The van der Waals surface area contributed by atoms with Crippen molar-refractivity contribution in [1.82, 2.24) is 0 Å². The molecule has 0 amide bonds. The van der Waals surface area contributed by atoms with E-state index in [4.69, 9.17) is 0 Å². The summed E-state index contributed by atoms with van der Waals surface area (Å²) in [5.41, 5.74) is 1.12. The highest BCUT2D eigenvalue weighted by Gasteiger charge is 2.35. The van der Waals surface area contributed by atoms with Crippen LogP contribution in [0.1, 0.15) is 46.5 Å². The van der Waals surface area contributed by atoms with Crippen LogP contribution in [0, 0.1) is 5.41 Å². The molecule has 0 aliphatic heterocycles. The van der Waals surface area contributed by atoms with Crippen LogP contribution in [0.3, 0.4) is 0 Å². The second-order valence-electron chi connectivity index (χ2n) is 4.17. The first kappa shape index (κ1) is 11.2. The Kier molecular flexibility index (Phi) is 3.68. The van der Waals surface area contributed by atoms with Crippen LogP contribution in [0.2, 0.25) is 0 Å². The van der Waals surface area contributed by atoms with Crippen LogP contribution in [-0.2, 0) is 4.79 Å². The van der Waals surface area contributed by atoms with E-state index in [1.165, 1.54) is 5.57 Å². The van der Waals surface area contributed by atoms with Crippen molar-refractivity contribution >= 4 is 5.78 Å². The minimum atomic E-state index is -0.209. The molecule has 1 aliphatic rings. The summed E-state index contributed by atoms with van der Waals surface area (Å²) in [5.74, 6) is 0.271.